The third-order valence-electron chi connectivity index (χ3n) is 6.11. The standard InChI is InChI=1S/C24H26ClFN2O2/c25-21-14-17(26)13-12-16(21)15-28-22(19-10-6-7-11-20(19)24(28)30)23(29)27-18-8-4-2-1-3-5-9-18/h6-7,10-14,18,22H,1-5,8-9,15H2,(H,27,29). The van der Waals surface area contributed by atoms with E-state index in [9.17, 15) is 14.0 Å². The van der Waals surface area contributed by atoms with Gasteiger partial charge < -0.3 is 10.2 Å². The van der Waals surface area contributed by atoms with Crippen molar-refractivity contribution in [3.63, 3.8) is 0 Å². The molecule has 2 aromatic rings. The Labute approximate surface area is 181 Å². The summed E-state index contributed by atoms with van der Waals surface area (Å²) in [5, 5.41) is 3.45. The Morgan fingerprint density at radius 2 is 1.77 bits per heavy atom. The highest BCUT2D eigenvalue weighted by atomic mass is 35.5. The second kappa shape index (κ2) is 9.17. The Hall–Kier alpha value is -2.40. The molecule has 2 amide bonds. The van der Waals surface area contributed by atoms with Gasteiger partial charge in [0.25, 0.3) is 5.91 Å². The van der Waals surface area contributed by atoms with Gasteiger partial charge in [-0.1, -0.05) is 68.0 Å². The van der Waals surface area contributed by atoms with E-state index in [1.165, 1.54) is 31.4 Å². The lowest BCUT2D eigenvalue weighted by atomic mass is 9.96. The number of carbonyl (C=O) groups is 2. The fourth-order valence-electron chi connectivity index (χ4n) is 4.53. The lowest BCUT2D eigenvalue weighted by Crippen LogP contribution is -2.43. The first-order valence-electron chi connectivity index (χ1n) is 10.7. The Bertz CT molecular complexity index is 941. The van der Waals surface area contributed by atoms with Gasteiger partial charge in [0.1, 0.15) is 11.9 Å². The molecular formula is C24H26ClFN2O2. The summed E-state index contributed by atoms with van der Waals surface area (Å²) in [6.07, 6.45) is 7.83. The normalized spacial score (nSPS) is 19.9. The second-order valence-electron chi connectivity index (χ2n) is 8.21. The molecule has 1 atom stereocenters. The van der Waals surface area contributed by atoms with Crippen LogP contribution in [0.3, 0.4) is 0 Å². The van der Waals surface area contributed by atoms with Crippen LogP contribution in [0.15, 0.2) is 42.5 Å². The van der Waals surface area contributed by atoms with E-state index in [0.29, 0.717) is 16.7 Å². The van der Waals surface area contributed by atoms with Crippen LogP contribution >= 0.6 is 11.6 Å². The molecule has 0 bridgehead atoms. The summed E-state index contributed by atoms with van der Waals surface area (Å²) in [5.74, 6) is -0.792. The summed E-state index contributed by atoms with van der Waals surface area (Å²) in [5.41, 5.74) is 1.86. The predicted octanol–water partition coefficient (Wildman–Crippen LogP) is 5.41. The molecule has 0 radical (unpaired) electrons. The molecule has 2 aromatic carbocycles. The number of hydrogen-bond donors (Lipinski definition) is 1. The lowest BCUT2D eigenvalue weighted by molar-refractivity contribution is -0.126. The van der Waals surface area contributed by atoms with Gasteiger partial charge in [0, 0.05) is 23.2 Å². The van der Waals surface area contributed by atoms with Gasteiger partial charge in [-0.25, -0.2) is 4.39 Å². The molecule has 4 rings (SSSR count). The minimum Gasteiger partial charge on any atom is -0.351 e. The van der Waals surface area contributed by atoms with Gasteiger partial charge in [0.15, 0.2) is 0 Å². The smallest absolute Gasteiger partial charge is 0.255 e. The average molecular weight is 429 g/mol. The summed E-state index contributed by atoms with van der Waals surface area (Å²) in [6.45, 7) is 0.148. The SMILES string of the molecule is O=C(NC1CCCCCCC1)C1c2ccccc2C(=O)N1Cc1ccc(F)cc1Cl. The van der Waals surface area contributed by atoms with Crippen LogP contribution in [-0.2, 0) is 11.3 Å². The van der Waals surface area contributed by atoms with Crippen molar-refractivity contribution >= 4 is 23.4 Å². The van der Waals surface area contributed by atoms with Crippen molar-refractivity contribution in [2.24, 2.45) is 0 Å². The van der Waals surface area contributed by atoms with Crippen LogP contribution in [0.1, 0.15) is 72.5 Å². The fourth-order valence-corrected chi connectivity index (χ4v) is 4.76. The number of halogens is 2. The van der Waals surface area contributed by atoms with Crippen LogP contribution < -0.4 is 5.32 Å². The molecule has 1 heterocycles. The van der Waals surface area contributed by atoms with Crippen molar-refractivity contribution in [3.8, 4) is 0 Å². The van der Waals surface area contributed by atoms with Crippen LogP contribution in [0, 0.1) is 5.82 Å². The average Bonchev–Trinajstić information content (AvgIpc) is 2.98. The third kappa shape index (κ3) is 4.36. The van der Waals surface area contributed by atoms with E-state index in [-0.39, 0.29) is 29.4 Å². The molecule has 1 aliphatic heterocycles. The number of hydrogen-bond acceptors (Lipinski definition) is 2. The van der Waals surface area contributed by atoms with Crippen molar-refractivity contribution in [1.29, 1.82) is 0 Å². The molecule has 0 aromatic heterocycles. The van der Waals surface area contributed by atoms with Gasteiger partial charge in [-0.2, -0.15) is 0 Å². The molecule has 1 N–H and O–H groups in total. The van der Waals surface area contributed by atoms with E-state index in [4.69, 9.17) is 11.6 Å². The molecule has 0 saturated heterocycles. The van der Waals surface area contributed by atoms with Crippen LogP contribution in [-0.4, -0.2) is 22.8 Å². The molecule has 30 heavy (non-hydrogen) atoms. The van der Waals surface area contributed by atoms with Gasteiger partial charge in [-0.3, -0.25) is 9.59 Å². The predicted molar refractivity (Wildman–Crippen MR) is 115 cm³/mol. The van der Waals surface area contributed by atoms with Crippen molar-refractivity contribution < 1.29 is 14.0 Å². The van der Waals surface area contributed by atoms with E-state index >= 15 is 0 Å². The Balaban J connectivity index is 1.59. The molecule has 158 valence electrons. The number of nitrogens with zero attached hydrogens (tertiary/aromatic N) is 1. The van der Waals surface area contributed by atoms with Crippen molar-refractivity contribution in [2.45, 2.75) is 63.6 Å². The molecule has 1 unspecified atom stereocenters. The van der Waals surface area contributed by atoms with Crippen molar-refractivity contribution in [1.82, 2.24) is 10.2 Å². The van der Waals surface area contributed by atoms with E-state index in [2.05, 4.69) is 5.32 Å². The molecular weight excluding hydrogens is 403 g/mol. The molecule has 1 saturated carbocycles. The highest BCUT2D eigenvalue weighted by Crippen LogP contribution is 2.36. The Morgan fingerprint density at radius 3 is 2.50 bits per heavy atom. The van der Waals surface area contributed by atoms with Gasteiger partial charge in [0.05, 0.1) is 0 Å². The van der Waals surface area contributed by atoms with E-state index < -0.39 is 11.9 Å². The first kappa shape index (κ1) is 20.9. The maximum absolute atomic E-state index is 13.5. The summed E-state index contributed by atoms with van der Waals surface area (Å²) >= 11 is 6.20. The first-order valence-corrected chi connectivity index (χ1v) is 11.1. The highest BCUT2D eigenvalue weighted by Gasteiger charge is 2.41. The van der Waals surface area contributed by atoms with Gasteiger partial charge in [-0.05, 0) is 42.2 Å². The van der Waals surface area contributed by atoms with E-state index in [0.717, 1.165) is 25.7 Å². The number of rotatable bonds is 4. The fraction of sp³-hybridized carbons (Fsp3) is 0.417. The zero-order valence-corrected chi connectivity index (χ0v) is 17.6. The summed E-state index contributed by atoms with van der Waals surface area (Å²) in [7, 11) is 0. The minimum absolute atomic E-state index is 0.136. The Morgan fingerprint density at radius 1 is 1.07 bits per heavy atom. The molecule has 4 nitrogen and oxygen atoms in total. The number of fused-ring (bicyclic) bond motifs is 1. The van der Waals surface area contributed by atoms with Crippen LogP contribution in [0.5, 0.6) is 0 Å². The van der Waals surface area contributed by atoms with E-state index in [1.807, 2.05) is 12.1 Å². The number of benzene rings is 2. The summed E-state index contributed by atoms with van der Waals surface area (Å²) < 4.78 is 13.5. The highest BCUT2D eigenvalue weighted by molar-refractivity contribution is 6.31. The monoisotopic (exact) mass is 428 g/mol. The quantitative estimate of drug-likeness (QED) is 0.708. The molecule has 6 heteroatoms. The second-order valence-corrected chi connectivity index (χ2v) is 8.62. The topological polar surface area (TPSA) is 49.4 Å². The molecule has 1 fully saturated rings. The van der Waals surface area contributed by atoms with Crippen molar-refractivity contribution in [3.05, 3.63) is 70.0 Å². The van der Waals surface area contributed by atoms with Crippen LogP contribution in [0.4, 0.5) is 4.39 Å². The maximum Gasteiger partial charge on any atom is 0.255 e. The van der Waals surface area contributed by atoms with Gasteiger partial charge >= 0.3 is 0 Å². The summed E-state index contributed by atoms with van der Waals surface area (Å²) in [6, 6.07) is 10.8. The molecule has 0 spiro atoms. The third-order valence-corrected chi connectivity index (χ3v) is 6.47. The zero-order chi connectivity index (χ0) is 21.1. The number of carbonyl (C=O) groups excluding carboxylic acids is 2. The minimum atomic E-state index is -0.708. The van der Waals surface area contributed by atoms with Gasteiger partial charge in [0.2, 0.25) is 5.91 Å². The van der Waals surface area contributed by atoms with Crippen LogP contribution in [0.25, 0.3) is 0 Å². The molecule has 2 aliphatic rings. The summed E-state index contributed by atoms with van der Waals surface area (Å²) in [4.78, 5) is 28.0. The van der Waals surface area contributed by atoms with Crippen LogP contribution in [0.2, 0.25) is 5.02 Å². The van der Waals surface area contributed by atoms with Gasteiger partial charge in [-0.15, -0.1) is 0 Å². The first-order chi connectivity index (χ1) is 14.5. The lowest BCUT2D eigenvalue weighted by Gasteiger charge is -2.28. The zero-order valence-electron chi connectivity index (χ0n) is 16.9. The molecule has 1 aliphatic carbocycles. The number of amides is 2. The van der Waals surface area contributed by atoms with Crippen molar-refractivity contribution in [2.75, 3.05) is 0 Å². The largest absolute Gasteiger partial charge is 0.351 e. The number of nitrogens with one attached hydrogen (secondary N) is 1. The maximum atomic E-state index is 13.5. The van der Waals surface area contributed by atoms with E-state index in [1.54, 1.807) is 23.1 Å². The Kier molecular flexibility index (Phi) is 6.38.